The Labute approximate surface area is 174 Å². The number of amides is 1. The second kappa shape index (κ2) is 8.86. The van der Waals surface area contributed by atoms with Gasteiger partial charge in [-0.3, -0.25) is 4.79 Å². The summed E-state index contributed by atoms with van der Waals surface area (Å²) >= 11 is 4.67. The molecule has 3 heterocycles. The van der Waals surface area contributed by atoms with Gasteiger partial charge in [-0.15, -0.1) is 27.8 Å². The first-order chi connectivity index (χ1) is 13.7. The second-order valence-corrected chi connectivity index (χ2v) is 9.57. The van der Waals surface area contributed by atoms with E-state index in [2.05, 4.69) is 26.9 Å². The smallest absolute Gasteiger partial charge is 0.225 e. The van der Waals surface area contributed by atoms with Crippen molar-refractivity contribution in [3.63, 3.8) is 0 Å². The normalized spacial score (nSPS) is 13.1. The van der Waals surface area contributed by atoms with E-state index in [1.165, 1.54) is 21.5 Å². The topological polar surface area (TPSA) is 96.5 Å². The molecule has 0 spiro atoms. The fraction of sp³-hybridized carbons (Fsp3) is 0.389. The molecule has 10 heteroatoms. The van der Waals surface area contributed by atoms with Crippen LogP contribution in [0.25, 0.3) is 0 Å². The average molecular weight is 431 g/mol. The molecule has 7 nitrogen and oxygen atoms in total. The number of carbonyl (C=O) groups excluding carboxylic acids is 1. The van der Waals surface area contributed by atoms with Crippen molar-refractivity contribution in [3.8, 4) is 6.07 Å². The van der Waals surface area contributed by atoms with Crippen LogP contribution in [0, 0.1) is 11.3 Å². The quantitative estimate of drug-likeness (QED) is 0.574. The van der Waals surface area contributed by atoms with Crippen molar-refractivity contribution in [2.45, 2.75) is 43.8 Å². The summed E-state index contributed by atoms with van der Waals surface area (Å²) in [7, 11) is 0. The van der Waals surface area contributed by atoms with Crippen LogP contribution in [0.4, 0.5) is 5.00 Å². The number of rotatable bonds is 7. The molecule has 0 saturated carbocycles. The number of nitrogens with one attached hydrogen (secondary N) is 1. The number of carbonyl (C=O) groups is 1. The van der Waals surface area contributed by atoms with E-state index in [0.717, 1.165) is 31.2 Å². The lowest BCUT2D eigenvalue weighted by molar-refractivity contribution is -0.115. The summed E-state index contributed by atoms with van der Waals surface area (Å²) in [6.07, 6.45) is 4.55. The number of nitrogens with zero attached hydrogens (tertiary/aromatic N) is 5. The molecule has 0 unspecified atom stereocenters. The minimum absolute atomic E-state index is 0.0834. The van der Waals surface area contributed by atoms with E-state index < -0.39 is 0 Å². The number of fused-ring (bicyclic) bond motifs is 1. The molecule has 3 aromatic rings. The van der Waals surface area contributed by atoms with E-state index in [-0.39, 0.29) is 5.91 Å². The summed E-state index contributed by atoms with van der Waals surface area (Å²) in [4.78, 5) is 14.8. The van der Waals surface area contributed by atoms with Crippen molar-refractivity contribution in [1.82, 2.24) is 20.2 Å². The molecule has 0 aliphatic heterocycles. The zero-order chi connectivity index (χ0) is 19.3. The van der Waals surface area contributed by atoms with Crippen molar-refractivity contribution in [2.24, 2.45) is 0 Å². The zero-order valence-electron chi connectivity index (χ0n) is 15.1. The number of thioether (sulfide) groups is 1. The summed E-state index contributed by atoms with van der Waals surface area (Å²) in [6.45, 7) is 0.630. The molecule has 3 aromatic heterocycles. The Kier molecular flexibility index (Phi) is 6.04. The lowest BCUT2D eigenvalue weighted by Crippen LogP contribution is -2.12. The van der Waals surface area contributed by atoms with Gasteiger partial charge < -0.3 is 5.32 Å². The molecule has 28 heavy (non-hydrogen) atoms. The van der Waals surface area contributed by atoms with E-state index in [9.17, 15) is 10.1 Å². The molecule has 0 bridgehead atoms. The highest BCUT2D eigenvalue weighted by molar-refractivity contribution is 7.99. The molecule has 1 amide bonds. The third-order valence-corrected chi connectivity index (χ3v) is 7.51. The van der Waals surface area contributed by atoms with Crippen molar-refractivity contribution in [1.29, 1.82) is 5.26 Å². The van der Waals surface area contributed by atoms with Crippen molar-refractivity contribution in [3.05, 3.63) is 38.4 Å². The number of aromatic nitrogens is 4. The number of tetrazole rings is 1. The van der Waals surface area contributed by atoms with Crippen LogP contribution in [0.5, 0.6) is 0 Å². The Morgan fingerprint density at radius 1 is 1.39 bits per heavy atom. The van der Waals surface area contributed by atoms with Gasteiger partial charge in [0.1, 0.15) is 11.1 Å². The lowest BCUT2D eigenvalue weighted by atomic mass is 9.96. The Hall–Kier alpha value is -2.22. The number of hydrogen-bond acceptors (Lipinski definition) is 8. The maximum absolute atomic E-state index is 12.4. The molecule has 1 N–H and O–H groups in total. The van der Waals surface area contributed by atoms with Gasteiger partial charge in [0, 0.05) is 21.9 Å². The summed E-state index contributed by atoms with van der Waals surface area (Å²) in [5.74, 6) is 0.490. The number of aryl methyl sites for hydroxylation is 1. The van der Waals surface area contributed by atoms with Crippen molar-refractivity contribution < 1.29 is 4.79 Å². The minimum atomic E-state index is -0.0834. The van der Waals surface area contributed by atoms with Gasteiger partial charge in [0.25, 0.3) is 0 Å². The van der Waals surface area contributed by atoms with Gasteiger partial charge in [-0.25, -0.2) is 4.68 Å². The van der Waals surface area contributed by atoms with Crippen LogP contribution in [-0.4, -0.2) is 31.9 Å². The molecule has 4 rings (SSSR count). The van der Waals surface area contributed by atoms with Gasteiger partial charge in [-0.2, -0.15) is 5.26 Å². The van der Waals surface area contributed by atoms with Gasteiger partial charge in [0.05, 0.1) is 12.1 Å². The highest BCUT2D eigenvalue weighted by Gasteiger charge is 2.21. The van der Waals surface area contributed by atoms with E-state index in [1.54, 1.807) is 27.4 Å². The molecule has 1 aliphatic rings. The maximum Gasteiger partial charge on any atom is 0.225 e. The third kappa shape index (κ3) is 4.27. The third-order valence-electron chi connectivity index (χ3n) is 4.48. The second-order valence-electron chi connectivity index (χ2n) is 6.37. The van der Waals surface area contributed by atoms with Crippen molar-refractivity contribution >= 4 is 45.3 Å². The maximum atomic E-state index is 12.4. The van der Waals surface area contributed by atoms with E-state index >= 15 is 0 Å². The first kappa shape index (κ1) is 19.1. The molecular formula is C18H18N6OS3. The molecule has 0 fully saturated rings. The van der Waals surface area contributed by atoms with Gasteiger partial charge in [-0.05, 0) is 53.1 Å². The first-order valence-electron chi connectivity index (χ1n) is 9.00. The molecule has 1 aliphatic carbocycles. The SMILES string of the molecule is N#Cc1c(NC(=O)CCSc2nnnn2Cc2cccs2)sc2c1CCCC2. The Bertz CT molecular complexity index is 1000. The monoisotopic (exact) mass is 430 g/mol. The number of anilines is 1. The van der Waals surface area contributed by atoms with Gasteiger partial charge >= 0.3 is 0 Å². The van der Waals surface area contributed by atoms with Crippen LogP contribution in [0.2, 0.25) is 0 Å². The Morgan fingerprint density at radius 2 is 2.29 bits per heavy atom. The lowest BCUT2D eigenvalue weighted by Gasteiger charge is -2.09. The number of nitriles is 1. The average Bonchev–Trinajstić information content (AvgIpc) is 3.42. The van der Waals surface area contributed by atoms with E-state index in [4.69, 9.17) is 0 Å². The highest BCUT2D eigenvalue weighted by atomic mass is 32.2. The van der Waals surface area contributed by atoms with Crippen LogP contribution >= 0.6 is 34.4 Å². The summed E-state index contributed by atoms with van der Waals surface area (Å²) < 4.78 is 1.75. The molecule has 0 saturated heterocycles. The Morgan fingerprint density at radius 3 is 3.11 bits per heavy atom. The predicted octanol–water partition coefficient (Wildman–Crippen LogP) is 3.72. The van der Waals surface area contributed by atoms with Crippen LogP contribution in [0.15, 0.2) is 22.7 Å². The molecule has 0 radical (unpaired) electrons. The summed E-state index contributed by atoms with van der Waals surface area (Å²) in [6, 6.07) is 6.32. The standard InChI is InChI=1S/C18H18N6OS3/c19-10-14-13-5-1-2-6-15(13)28-17(14)20-16(25)7-9-27-18-21-22-23-24(18)11-12-4-3-8-26-12/h3-4,8H,1-2,5-7,9,11H2,(H,20,25). The molecule has 144 valence electrons. The van der Waals surface area contributed by atoms with Crippen molar-refractivity contribution in [2.75, 3.05) is 11.1 Å². The molecule has 0 aromatic carbocycles. The predicted molar refractivity (Wildman–Crippen MR) is 111 cm³/mol. The zero-order valence-corrected chi connectivity index (χ0v) is 17.5. The molecule has 0 atom stereocenters. The fourth-order valence-corrected chi connectivity index (χ4v) is 5.90. The Balaban J connectivity index is 1.32. The molecular weight excluding hydrogens is 412 g/mol. The van der Waals surface area contributed by atoms with Crippen LogP contribution in [0.3, 0.4) is 0 Å². The van der Waals surface area contributed by atoms with E-state index in [0.29, 0.717) is 34.4 Å². The highest BCUT2D eigenvalue weighted by Crippen LogP contribution is 2.37. The van der Waals surface area contributed by atoms with Gasteiger partial charge in [0.2, 0.25) is 11.1 Å². The number of thiophene rings is 2. The first-order valence-corrected chi connectivity index (χ1v) is 11.7. The largest absolute Gasteiger partial charge is 0.317 e. The van der Waals surface area contributed by atoms with Crippen LogP contribution in [0.1, 0.15) is 40.1 Å². The number of hydrogen-bond donors (Lipinski definition) is 1. The minimum Gasteiger partial charge on any atom is -0.317 e. The summed E-state index contributed by atoms with van der Waals surface area (Å²) in [5.41, 5.74) is 1.79. The van der Waals surface area contributed by atoms with Gasteiger partial charge in [0.15, 0.2) is 0 Å². The van der Waals surface area contributed by atoms with Crippen LogP contribution < -0.4 is 5.32 Å². The fourth-order valence-electron chi connectivity index (χ4n) is 3.15. The summed E-state index contributed by atoms with van der Waals surface area (Å²) in [5, 5.41) is 27.7. The van der Waals surface area contributed by atoms with Crippen LogP contribution in [-0.2, 0) is 24.2 Å². The van der Waals surface area contributed by atoms with Gasteiger partial charge in [-0.1, -0.05) is 17.8 Å². The van der Waals surface area contributed by atoms with E-state index in [1.807, 2.05) is 17.5 Å².